The van der Waals surface area contributed by atoms with Crippen LogP contribution in [-0.2, 0) is 43.7 Å². The summed E-state index contributed by atoms with van der Waals surface area (Å²) in [6, 6.07) is 17.2. The second-order valence-corrected chi connectivity index (χ2v) is 11.5. The highest BCUT2D eigenvalue weighted by atomic mass is 16.8. The first-order valence-electron chi connectivity index (χ1n) is 14.4. The third-order valence-electron chi connectivity index (χ3n) is 8.03. The maximum Gasteiger partial charge on any atom is 0.348 e. The van der Waals surface area contributed by atoms with Crippen LogP contribution in [0, 0.1) is 6.92 Å². The van der Waals surface area contributed by atoms with Gasteiger partial charge in [0.05, 0.1) is 12.3 Å². The van der Waals surface area contributed by atoms with E-state index in [4.69, 9.17) is 28.3 Å². The number of benzene rings is 2. The van der Waals surface area contributed by atoms with Crippen LogP contribution in [0.2, 0.25) is 0 Å². The van der Waals surface area contributed by atoms with E-state index < -0.39 is 17.9 Å². The van der Waals surface area contributed by atoms with Gasteiger partial charge in [-0.1, -0.05) is 68.7 Å². The lowest BCUT2D eigenvalue weighted by Crippen LogP contribution is -2.40. The SMILES string of the molecule is Cc1oc(C2(C)CCCCC2)nc1CCOc1ccc(CC(C)(OC2=COC(Cc3ccccc3)O2)C(=O)O)cc1. The molecule has 1 saturated carbocycles. The zero-order valence-corrected chi connectivity index (χ0v) is 24.1. The molecule has 2 atom stereocenters. The van der Waals surface area contributed by atoms with Crippen molar-refractivity contribution in [3.8, 4) is 5.75 Å². The van der Waals surface area contributed by atoms with Crippen LogP contribution in [0.1, 0.15) is 74.4 Å². The molecular formula is C33H39NO7. The van der Waals surface area contributed by atoms with E-state index in [0.717, 1.165) is 41.3 Å². The quantitative estimate of drug-likeness (QED) is 0.263. The Balaban J connectivity index is 1.12. The number of aryl methyl sites for hydroxylation is 1. The average Bonchev–Trinajstić information content (AvgIpc) is 3.56. The van der Waals surface area contributed by atoms with E-state index in [1.54, 1.807) is 0 Å². The molecule has 0 bridgehead atoms. The molecule has 0 amide bonds. The van der Waals surface area contributed by atoms with Crippen molar-refractivity contribution in [2.24, 2.45) is 0 Å². The lowest BCUT2D eigenvalue weighted by molar-refractivity contribution is -0.168. The zero-order chi connectivity index (χ0) is 28.9. The van der Waals surface area contributed by atoms with Gasteiger partial charge < -0.3 is 28.5 Å². The van der Waals surface area contributed by atoms with E-state index in [0.29, 0.717) is 25.2 Å². The number of rotatable bonds is 12. The molecule has 3 aromatic rings. The number of carbonyl (C=O) groups is 1. The van der Waals surface area contributed by atoms with Crippen molar-refractivity contribution in [3.05, 3.63) is 95.3 Å². The second-order valence-electron chi connectivity index (χ2n) is 11.5. The van der Waals surface area contributed by atoms with Crippen LogP contribution in [0.4, 0.5) is 0 Å². The predicted octanol–water partition coefficient (Wildman–Crippen LogP) is 6.64. The normalized spacial score (nSPS) is 19.4. The van der Waals surface area contributed by atoms with Crippen molar-refractivity contribution in [1.29, 1.82) is 0 Å². The van der Waals surface area contributed by atoms with Gasteiger partial charge in [-0.2, -0.15) is 0 Å². The molecule has 0 spiro atoms. The van der Waals surface area contributed by atoms with Gasteiger partial charge in [-0.25, -0.2) is 9.78 Å². The first-order chi connectivity index (χ1) is 19.7. The smallest absolute Gasteiger partial charge is 0.348 e. The van der Waals surface area contributed by atoms with Crippen molar-refractivity contribution in [1.82, 2.24) is 4.98 Å². The molecule has 41 heavy (non-hydrogen) atoms. The summed E-state index contributed by atoms with van der Waals surface area (Å²) < 4.78 is 29.1. The van der Waals surface area contributed by atoms with Crippen LogP contribution < -0.4 is 4.74 Å². The van der Waals surface area contributed by atoms with Crippen LogP contribution in [0.3, 0.4) is 0 Å². The van der Waals surface area contributed by atoms with Gasteiger partial charge >= 0.3 is 11.9 Å². The summed E-state index contributed by atoms with van der Waals surface area (Å²) in [5, 5.41) is 9.97. The summed E-state index contributed by atoms with van der Waals surface area (Å²) in [6.07, 6.45) is 8.04. The highest BCUT2D eigenvalue weighted by Gasteiger charge is 2.39. The molecule has 8 nitrogen and oxygen atoms in total. The van der Waals surface area contributed by atoms with Crippen LogP contribution in [-0.4, -0.2) is 34.6 Å². The first-order valence-corrected chi connectivity index (χ1v) is 14.4. The molecule has 5 rings (SSSR count). The van der Waals surface area contributed by atoms with Crippen molar-refractivity contribution in [2.45, 2.75) is 89.4 Å². The van der Waals surface area contributed by atoms with Crippen molar-refractivity contribution < 1.29 is 33.3 Å². The zero-order valence-electron chi connectivity index (χ0n) is 24.1. The number of hydrogen-bond donors (Lipinski definition) is 1. The number of nitrogens with zero attached hydrogens (tertiary/aromatic N) is 1. The predicted molar refractivity (Wildman–Crippen MR) is 152 cm³/mol. The summed E-state index contributed by atoms with van der Waals surface area (Å²) >= 11 is 0. The van der Waals surface area contributed by atoms with E-state index in [1.165, 1.54) is 32.4 Å². The minimum Gasteiger partial charge on any atom is -0.493 e. The molecule has 8 heteroatoms. The molecule has 218 valence electrons. The van der Waals surface area contributed by atoms with Crippen molar-refractivity contribution >= 4 is 5.97 Å². The van der Waals surface area contributed by atoms with Gasteiger partial charge in [0.25, 0.3) is 0 Å². The lowest BCUT2D eigenvalue weighted by atomic mass is 9.76. The highest BCUT2D eigenvalue weighted by Crippen LogP contribution is 2.39. The molecule has 0 radical (unpaired) electrons. The third kappa shape index (κ3) is 7.04. The van der Waals surface area contributed by atoms with E-state index in [2.05, 4.69) is 6.92 Å². The summed E-state index contributed by atoms with van der Waals surface area (Å²) in [5.41, 5.74) is 1.27. The average molecular weight is 562 g/mol. The standard InChI is InChI=1S/C33H39NO7/c1-23-27(34-30(39-23)32(2)17-8-5-9-18-32)16-19-37-26-14-12-25(13-15-26)21-33(3,31(35)36)41-29-22-38-28(40-29)20-24-10-6-4-7-11-24/h4,6-7,10-15,22,28H,5,8-9,16-21H2,1-3H3,(H,35,36). The van der Waals surface area contributed by atoms with Gasteiger partial charge in [0, 0.05) is 24.7 Å². The maximum absolute atomic E-state index is 12.2. The van der Waals surface area contributed by atoms with Gasteiger partial charge in [0.1, 0.15) is 11.5 Å². The van der Waals surface area contributed by atoms with E-state index in [1.807, 2.05) is 61.5 Å². The Bertz CT molecular complexity index is 1340. The number of carboxylic acids is 1. The molecule has 2 aliphatic rings. The van der Waals surface area contributed by atoms with Crippen molar-refractivity contribution in [2.75, 3.05) is 6.61 Å². The lowest BCUT2D eigenvalue weighted by Gasteiger charge is -2.30. The number of aromatic nitrogens is 1. The van der Waals surface area contributed by atoms with Gasteiger partial charge in [-0.05, 0) is 49.9 Å². The summed E-state index contributed by atoms with van der Waals surface area (Å²) in [5.74, 6) is 1.37. The molecule has 2 aromatic carbocycles. The monoisotopic (exact) mass is 561 g/mol. The second kappa shape index (κ2) is 12.3. The Hall–Kier alpha value is -3.94. The van der Waals surface area contributed by atoms with Crippen LogP contribution in [0.15, 0.2) is 71.2 Å². The van der Waals surface area contributed by atoms with E-state index in [-0.39, 0.29) is 17.8 Å². The van der Waals surface area contributed by atoms with Gasteiger partial charge in [-0.3, -0.25) is 0 Å². The van der Waals surface area contributed by atoms with E-state index in [9.17, 15) is 9.90 Å². The van der Waals surface area contributed by atoms with Crippen LogP contribution >= 0.6 is 0 Å². The largest absolute Gasteiger partial charge is 0.493 e. The Morgan fingerprint density at radius 3 is 2.51 bits per heavy atom. The maximum atomic E-state index is 12.2. The molecule has 0 saturated heterocycles. The Kier molecular flexibility index (Phi) is 8.57. The Labute approximate surface area is 241 Å². The number of hydrogen-bond acceptors (Lipinski definition) is 7. The van der Waals surface area contributed by atoms with Crippen LogP contribution in [0.25, 0.3) is 0 Å². The molecule has 2 unspecified atom stereocenters. The molecule has 1 aromatic heterocycles. The molecule has 2 heterocycles. The Morgan fingerprint density at radius 1 is 1.07 bits per heavy atom. The summed E-state index contributed by atoms with van der Waals surface area (Å²) in [6.45, 7) is 6.22. The van der Waals surface area contributed by atoms with Crippen LogP contribution in [0.5, 0.6) is 5.75 Å². The first kappa shape index (κ1) is 28.6. The van der Waals surface area contributed by atoms with Gasteiger partial charge in [-0.15, -0.1) is 0 Å². The number of carboxylic acid groups (broad SMARTS) is 1. The molecule has 1 fully saturated rings. The highest BCUT2D eigenvalue weighted by molar-refractivity contribution is 5.77. The Morgan fingerprint density at radius 2 is 1.80 bits per heavy atom. The number of aliphatic carboxylic acids is 1. The number of oxazole rings is 1. The van der Waals surface area contributed by atoms with Gasteiger partial charge in [0.15, 0.2) is 6.26 Å². The van der Waals surface area contributed by atoms with E-state index >= 15 is 0 Å². The van der Waals surface area contributed by atoms with Crippen molar-refractivity contribution in [3.63, 3.8) is 0 Å². The topological polar surface area (TPSA) is 100 Å². The fourth-order valence-electron chi connectivity index (χ4n) is 5.46. The molecule has 1 N–H and O–H groups in total. The molecule has 1 aliphatic heterocycles. The molecule has 1 aliphatic carbocycles. The third-order valence-corrected chi connectivity index (χ3v) is 8.03. The van der Waals surface area contributed by atoms with Gasteiger partial charge in [0.2, 0.25) is 17.8 Å². The number of ether oxygens (including phenoxy) is 4. The minimum atomic E-state index is -1.55. The molecular weight excluding hydrogens is 522 g/mol. The fourth-order valence-corrected chi connectivity index (χ4v) is 5.46. The minimum absolute atomic E-state index is 0.0312. The summed E-state index contributed by atoms with van der Waals surface area (Å²) in [7, 11) is 0. The summed E-state index contributed by atoms with van der Waals surface area (Å²) in [4.78, 5) is 17.0. The fraction of sp³-hybridized carbons (Fsp3) is 0.455.